The van der Waals surface area contributed by atoms with Crippen LogP contribution >= 0.6 is 0 Å². The highest BCUT2D eigenvalue weighted by Crippen LogP contribution is 2.27. The van der Waals surface area contributed by atoms with E-state index in [1.807, 2.05) is 50.2 Å². The summed E-state index contributed by atoms with van der Waals surface area (Å²) >= 11 is 0. The van der Waals surface area contributed by atoms with E-state index in [-0.39, 0.29) is 11.9 Å². The second kappa shape index (κ2) is 6.54. The van der Waals surface area contributed by atoms with Crippen molar-refractivity contribution in [1.82, 2.24) is 15.8 Å². The van der Waals surface area contributed by atoms with Gasteiger partial charge in [0.05, 0.1) is 0 Å². The number of rotatable bonds is 5. The van der Waals surface area contributed by atoms with Crippen LogP contribution in [0.5, 0.6) is 0 Å². The van der Waals surface area contributed by atoms with Crippen molar-refractivity contribution in [2.75, 3.05) is 6.54 Å². The maximum absolute atomic E-state index is 12.6. The molecule has 2 N–H and O–H groups in total. The van der Waals surface area contributed by atoms with Crippen molar-refractivity contribution in [1.29, 1.82) is 0 Å². The first kappa shape index (κ1) is 15.7. The van der Waals surface area contributed by atoms with Gasteiger partial charge in [0.25, 0.3) is 0 Å². The summed E-state index contributed by atoms with van der Waals surface area (Å²) in [4.78, 5) is 12.6. The topological polar surface area (TPSA) is 67.2 Å². The molecule has 1 aromatic carbocycles. The van der Waals surface area contributed by atoms with Crippen LogP contribution in [0.15, 0.2) is 40.9 Å². The third kappa shape index (κ3) is 3.45. The maximum Gasteiger partial charge on any atom is 0.240 e. The molecule has 1 fully saturated rings. The summed E-state index contributed by atoms with van der Waals surface area (Å²) in [6.07, 6.45) is 2.32. The molecule has 1 aliphatic heterocycles. The van der Waals surface area contributed by atoms with Crippen molar-refractivity contribution in [2.45, 2.75) is 44.7 Å². The Morgan fingerprint density at radius 3 is 2.83 bits per heavy atom. The number of carbonyl (C=O) groups is 1. The lowest BCUT2D eigenvalue weighted by Crippen LogP contribution is -2.56. The van der Waals surface area contributed by atoms with Crippen LogP contribution in [0.2, 0.25) is 0 Å². The molecule has 0 radical (unpaired) electrons. The molecule has 1 unspecified atom stereocenters. The fourth-order valence-electron chi connectivity index (χ4n) is 3.07. The van der Waals surface area contributed by atoms with Gasteiger partial charge in [-0.15, -0.1) is 0 Å². The molecule has 3 rings (SSSR count). The highest BCUT2D eigenvalue weighted by molar-refractivity contribution is 5.87. The number of benzene rings is 1. The number of nitrogens with one attached hydrogen (secondary N) is 2. The first-order valence-electron chi connectivity index (χ1n) is 8.16. The highest BCUT2D eigenvalue weighted by Gasteiger charge is 2.42. The smallest absolute Gasteiger partial charge is 0.240 e. The van der Waals surface area contributed by atoms with Crippen molar-refractivity contribution in [2.24, 2.45) is 0 Å². The second-order valence-corrected chi connectivity index (χ2v) is 6.46. The third-order valence-electron chi connectivity index (χ3n) is 4.20. The quantitative estimate of drug-likeness (QED) is 0.890. The lowest BCUT2D eigenvalue weighted by molar-refractivity contribution is -0.127. The Labute approximate surface area is 136 Å². The van der Waals surface area contributed by atoms with E-state index in [9.17, 15) is 4.79 Å². The van der Waals surface area contributed by atoms with Gasteiger partial charge in [-0.1, -0.05) is 35.5 Å². The van der Waals surface area contributed by atoms with Crippen LogP contribution in [0, 0.1) is 0 Å². The van der Waals surface area contributed by atoms with Gasteiger partial charge in [-0.2, -0.15) is 0 Å². The molecule has 122 valence electrons. The van der Waals surface area contributed by atoms with Crippen LogP contribution in [0.1, 0.15) is 32.4 Å². The van der Waals surface area contributed by atoms with Gasteiger partial charge in [0.1, 0.15) is 17.0 Å². The molecule has 5 heteroatoms. The average Bonchev–Trinajstić information content (AvgIpc) is 3.18. The number of hydrogen-bond donors (Lipinski definition) is 2. The standard InChI is InChI=1S/C18H23N3O2/c1-13(2)20-17(22)18(9-6-10-19-18)12-15-11-16(21-23-15)14-7-4-3-5-8-14/h3-5,7-8,11,13,19H,6,9-10,12H2,1-2H3,(H,20,22). The van der Waals surface area contributed by atoms with Crippen LogP contribution in [0.3, 0.4) is 0 Å². The first-order chi connectivity index (χ1) is 11.1. The van der Waals surface area contributed by atoms with Gasteiger partial charge < -0.3 is 15.2 Å². The van der Waals surface area contributed by atoms with E-state index in [0.29, 0.717) is 6.42 Å². The number of nitrogens with zero attached hydrogens (tertiary/aromatic N) is 1. The molecular formula is C18H23N3O2. The van der Waals surface area contributed by atoms with E-state index >= 15 is 0 Å². The van der Waals surface area contributed by atoms with Crippen molar-refractivity contribution in [3.63, 3.8) is 0 Å². The van der Waals surface area contributed by atoms with Gasteiger partial charge in [0.2, 0.25) is 5.91 Å². The summed E-state index contributed by atoms with van der Waals surface area (Å²) in [6, 6.07) is 12.0. The van der Waals surface area contributed by atoms with E-state index in [4.69, 9.17) is 4.52 Å². The minimum absolute atomic E-state index is 0.0441. The molecule has 0 saturated carbocycles. The summed E-state index contributed by atoms with van der Waals surface area (Å²) in [5.41, 5.74) is 1.23. The average molecular weight is 313 g/mol. The van der Waals surface area contributed by atoms with Crippen LogP contribution in [0.4, 0.5) is 0 Å². The number of hydrogen-bond acceptors (Lipinski definition) is 4. The van der Waals surface area contributed by atoms with Crippen molar-refractivity contribution in [3.05, 3.63) is 42.2 Å². The maximum atomic E-state index is 12.6. The van der Waals surface area contributed by atoms with E-state index in [1.54, 1.807) is 0 Å². The Kier molecular flexibility index (Phi) is 4.48. The molecule has 2 heterocycles. The molecule has 1 amide bonds. The predicted octanol–water partition coefficient (Wildman–Crippen LogP) is 2.53. The summed E-state index contributed by atoms with van der Waals surface area (Å²) in [5, 5.41) is 10.5. The number of carbonyl (C=O) groups excluding carboxylic acids is 1. The lowest BCUT2D eigenvalue weighted by atomic mass is 9.90. The van der Waals surface area contributed by atoms with Crippen LogP contribution in [-0.2, 0) is 11.2 Å². The lowest BCUT2D eigenvalue weighted by Gasteiger charge is -2.28. The molecule has 1 aromatic heterocycles. The Bertz CT molecular complexity index is 658. The second-order valence-electron chi connectivity index (χ2n) is 6.46. The zero-order chi connectivity index (χ0) is 16.3. The highest BCUT2D eigenvalue weighted by atomic mass is 16.5. The van der Waals surface area contributed by atoms with E-state index in [0.717, 1.165) is 36.4 Å². The molecule has 1 atom stereocenters. The van der Waals surface area contributed by atoms with E-state index < -0.39 is 5.54 Å². The van der Waals surface area contributed by atoms with Crippen LogP contribution in [0.25, 0.3) is 11.3 Å². The van der Waals surface area contributed by atoms with Crippen LogP contribution in [-0.4, -0.2) is 29.2 Å². The predicted molar refractivity (Wildman–Crippen MR) is 88.9 cm³/mol. The fraction of sp³-hybridized carbons (Fsp3) is 0.444. The molecule has 0 bridgehead atoms. The Balaban J connectivity index is 1.79. The zero-order valence-corrected chi connectivity index (χ0v) is 13.6. The van der Waals surface area contributed by atoms with E-state index in [2.05, 4.69) is 15.8 Å². The van der Waals surface area contributed by atoms with Crippen molar-refractivity contribution in [3.8, 4) is 11.3 Å². The Morgan fingerprint density at radius 1 is 1.39 bits per heavy atom. The molecule has 1 saturated heterocycles. The molecule has 0 aliphatic carbocycles. The minimum atomic E-state index is -0.586. The van der Waals surface area contributed by atoms with Crippen molar-refractivity contribution >= 4 is 5.91 Å². The van der Waals surface area contributed by atoms with Gasteiger partial charge in [-0.05, 0) is 33.2 Å². The molecule has 0 spiro atoms. The zero-order valence-electron chi connectivity index (χ0n) is 13.6. The SMILES string of the molecule is CC(C)NC(=O)C1(Cc2cc(-c3ccccc3)no2)CCCN1. The summed E-state index contributed by atoms with van der Waals surface area (Å²) in [6.45, 7) is 4.80. The summed E-state index contributed by atoms with van der Waals surface area (Å²) in [7, 11) is 0. The first-order valence-corrected chi connectivity index (χ1v) is 8.16. The van der Waals surface area contributed by atoms with Gasteiger partial charge in [-0.25, -0.2) is 0 Å². The van der Waals surface area contributed by atoms with Gasteiger partial charge in [0.15, 0.2) is 0 Å². The fourth-order valence-corrected chi connectivity index (χ4v) is 3.07. The Morgan fingerprint density at radius 2 is 2.17 bits per heavy atom. The van der Waals surface area contributed by atoms with Gasteiger partial charge in [0, 0.05) is 24.1 Å². The summed E-state index contributed by atoms with van der Waals surface area (Å²) < 4.78 is 5.49. The molecular weight excluding hydrogens is 290 g/mol. The monoisotopic (exact) mass is 313 g/mol. The van der Waals surface area contributed by atoms with Crippen LogP contribution < -0.4 is 10.6 Å². The van der Waals surface area contributed by atoms with Gasteiger partial charge >= 0.3 is 0 Å². The van der Waals surface area contributed by atoms with E-state index in [1.165, 1.54) is 0 Å². The number of amides is 1. The largest absolute Gasteiger partial charge is 0.361 e. The minimum Gasteiger partial charge on any atom is -0.361 e. The normalized spacial score (nSPS) is 20.8. The van der Waals surface area contributed by atoms with Gasteiger partial charge in [-0.3, -0.25) is 4.79 Å². The van der Waals surface area contributed by atoms with Crippen molar-refractivity contribution < 1.29 is 9.32 Å². The number of aromatic nitrogens is 1. The molecule has 5 nitrogen and oxygen atoms in total. The third-order valence-corrected chi connectivity index (χ3v) is 4.20. The Hall–Kier alpha value is -2.14. The molecule has 2 aromatic rings. The summed E-state index contributed by atoms with van der Waals surface area (Å²) in [5.74, 6) is 0.778. The molecule has 1 aliphatic rings. The molecule has 23 heavy (non-hydrogen) atoms.